The Morgan fingerprint density at radius 2 is 2.46 bits per heavy atom. The molecule has 1 N–H and O–H groups in total. The summed E-state index contributed by atoms with van der Waals surface area (Å²) in [7, 11) is 0.840. The van der Waals surface area contributed by atoms with Crippen molar-refractivity contribution < 1.29 is 4.15 Å². The molecule has 2 heterocycles. The Kier molecular flexibility index (Phi) is 0.892. The fraction of sp³-hybridized carbons (Fsp3) is 0.286. The Morgan fingerprint density at radius 3 is 3.15 bits per heavy atom. The second kappa shape index (κ2) is 2.32. The number of nitrogens with one attached hydrogen (secondary N) is 1. The van der Waals surface area contributed by atoms with Crippen molar-refractivity contribution >= 4 is 11.2 Å². The SMILES string of the molecule is [2H]Cn1c(=O)n(C)c(=O)c2c1nc([2H])n2[2H]. The lowest BCUT2D eigenvalue weighted by molar-refractivity contribution is 0.709. The average molecular weight is 183 g/mol. The number of aromatic nitrogens is 4. The molecule has 6 heteroatoms. The van der Waals surface area contributed by atoms with E-state index in [1.165, 1.54) is 7.05 Å². The Hall–Kier alpha value is -1.85. The van der Waals surface area contributed by atoms with E-state index in [0.717, 1.165) is 9.13 Å². The summed E-state index contributed by atoms with van der Waals surface area (Å²) in [5.74, 6) is 0. The Labute approximate surface area is 76.7 Å². The highest BCUT2D eigenvalue weighted by atomic mass is 16.2. The molecule has 0 radical (unpaired) electrons. The first-order chi connectivity index (χ1) is 7.49. The summed E-state index contributed by atoms with van der Waals surface area (Å²) >= 11 is 0. The van der Waals surface area contributed by atoms with Crippen molar-refractivity contribution in [1.29, 1.82) is 0 Å². The van der Waals surface area contributed by atoms with E-state index in [1.807, 2.05) is 0 Å². The van der Waals surface area contributed by atoms with Gasteiger partial charge in [0.25, 0.3) is 5.56 Å². The van der Waals surface area contributed by atoms with E-state index in [0.29, 0.717) is 4.98 Å². The molecule has 0 saturated heterocycles. The van der Waals surface area contributed by atoms with Gasteiger partial charge in [-0.15, -0.1) is 0 Å². The van der Waals surface area contributed by atoms with Crippen LogP contribution in [0.4, 0.5) is 0 Å². The highest BCUT2D eigenvalue weighted by Crippen LogP contribution is 1.97. The van der Waals surface area contributed by atoms with Gasteiger partial charge in [0.05, 0.1) is 6.30 Å². The first kappa shape index (κ1) is 5.00. The maximum absolute atomic E-state index is 11.7. The van der Waals surface area contributed by atoms with Crippen LogP contribution in [0.3, 0.4) is 0 Å². The lowest BCUT2D eigenvalue weighted by atomic mass is 10.5. The highest BCUT2D eigenvalue weighted by Gasteiger charge is 2.08. The van der Waals surface area contributed by atoms with Crippen molar-refractivity contribution in [3.8, 4) is 0 Å². The van der Waals surface area contributed by atoms with Gasteiger partial charge in [0.15, 0.2) is 7.06 Å². The number of hydrogen-bond acceptors (Lipinski definition) is 3. The summed E-state index contributed by atoms with van der Waals surface area (Å²) < 4.78 is 23.6. The van der Waals surface area contributed by atoms with Crippen LogP contribution in [-0.2, 0) is 14.1 Å². The van der Waals surface area contributed by atoms with E-state index in [1.54, 1.807) is 0 Å². The summed E-state index contributed by atoms with van der Waals surface area (Å²) in [6, 6.07) is 0. The Bertz CT molecular complexity index is 683. The molecule has 0 bridgehead atoms. The van der Waals surface area contributed by atoms with E-state index in [-0.39, 0.29) is 11.2 Å². The zero-order valence-corrected chi connectivity index (χ0v) is 6.81. The van der Waals surface area contributed by atoms with E-state index in [4.69, 9.17) is 4.15 Å². The van der Waals surface area contributed by atoms with Crippen molar-refractivity contribution in [2.24, 2.45) is 14.1 Å². The van der Waals surface area contributed by atoms with Crippen LogP contribution < -0.4 is 11.2 Å². The molecule has 0 aliphatic heterocycles. The van der Waals surface area contributed by atoms with Crippen LogP contribution in [0.15, 0.2) is 15.9 Å². The molecule has 68 valence electrons. The Balaban J connectivity index is 3.17. The predicted octanol–water partition coefficient (Wildman–Crippen LogP) is -1.04. The number of nitrogens with zero attached hydrogens (tertiary/aromatic N) is 3. The van der Waals surface area contributed by atoms with Crippen molar-refractivity contribution in [2.75, 3.05) is 0 Å². The zero-order valence-electron chi connectivity index (χ0n) is 9.81. The monoisotopic (exact) mass is 183 g/mol. The lowest BCUT2D eigenvalue weighted by Gasteiger charge is -2.00. The van der Waals surface area contributed by atoms with E-state index >= 15 is 0 Å². The summed E-state index contributed by atoms with van der Waals surface area (Å²) in [6.45, 7) is 0. The molecule has 2 aromatic rings. The topological polar surface area (TPSA) is 72.7 Å². The van der Waals surface area contributed by atoms with Gasteiger partial charge in [0, 0.05) is 15.4 Å². The molecule has 0 fully saturated rings. The summed E-state index contributed by atoms with van der Waals surface area (Å²) in [6.07, 6.45) is -0.445. The molecular weight excluding hydrogens is 172 g/mol. The third-order valence-corrected chi connectivity index (χ3v) is 1.81. The third-order valence-electron chi connectivity index (χ3n) is 1.81. The van der Waals surface area contributed by atoms with Gasteiger partial charge in [-0.05, 0) is 0 Å². The van der Waals surface area contributed by atoms with Gasteiger partial charge in [-0.1, -0.05) is 0 Å². The second-order valence-corrected chi connectivity index (χ2v) is 2.57. The molecule has 0 spiro atoms. The number of aromatic amines is 1. The largest absolute Gasteiger partial charge is 0.339 e. The van der Waals surface area contributed by atoms with Gasteiger partial charge in [-0.25, -0.2) is 9.78 Å². The van der Waals surface area contributed by atoms with E-state index in [2.05, 4.69) is 4.98 Å². The van der Waals surface area contributed by atoms with Crippen molar-refractivity contribution in [3.63, 3.8) is 0 Å². The number of imidazole rings is 1. The first-order valence-electron chi connectivity index (χ1n) is 5.11. The summed E-state index contributed by atoms with van der Waals surface area (Å²) in [5.41, 5.74) is -1.63. The van der Waals surface area contributed by atoms with Gasteiger partial charge < -0.3 is 4.98 Å². The first-order valence-corrected chi connectivity index (χ1v) is 3.46. The van der Waals surface area contributed by atoms with Crippen molar-refractivity contribution in [2.45, 2.75) is 0 Å². The minimum Gasteiger partial charge on any atom is -0.339 e. The second-order valence-electron chi connectivity index (χ2n) is 2.57. The lowest BCUT2D eigenvalue weighted by Crippen LogP contribution is -2.36. The van der Waals surface area contributed by atoms with Crippen LogP contribution in [0, 0.1) is 0 Å². The highest BCUT2D eigenvalue weighted by molar-refractivity contribution is 5.68. The van der Waals surface area contributed by atoms with Crippen molar-refractivity contribution in [3.05, 3.63) is 27.1 Å². The molecule has 2 rings (SSSR count). The molecule has 0 aliphatic rings. The van der Waals surface area contributed by atoms with Crippen LogP contribution >= 0.6 is 0 Å². The molecule has 0 atom stereocenters. The normalized spacial score (nSPS) is 14.1. The minimum atomic E-state index is -0.689. The molecule has 0 unspecified atom stereocenters. The standard InChI is InChI=1S/C7H8N4O2/c1-10-5-4(8-3-9-5)6(12)11(2)7(10)13/h3H,1-2H3,(H,8,9)/i1D,3D/hD. The molecule has 0 saturated carbocycles. The zero-order chi connectivity index (χ0) is 12.0. The predicted molar refractivity (Wildman–Crippen MR) is 46.6 cm³/mol. The Morgan fingerprint density at radius 1 is 1.69 bits per heavy atom. The molecule has 6 nitrogen and oxygen atoms in total. The van der Waals surface area contributed by atoms with Crippen LogP contribution in [0.2, 0.25) is 1.41 Å². The van der Waals surface area contributed by atoms with Crippen LogP contribution in [0.1, 0.15) is 2.74 Å². The molecule has 2 aromatic heterocycles. The van der Waals surface area contributed by atoms with Crippen LogP contribution in [0.25, 0.3) is 11.2 Å². The molecule has 0 amide bonds. The minimum absolute atomic E-state index is 0.0944. The number of fused-ring (bicyclic) bond motifs is 1. The number of rotatable bonds is 0. The van der Waals surface area contributed by atoms with Gasteiger partial charge in [-0.3, -0.25) is 13.9 Å². The van der Waals surface area contributed by atoms with Gasteiger partial charge in [0.2, 0.25) is 0 Å². The van der Waals surface area contributed by atoms with Crippen LogP contribution in [-0.4, -0.2) is 19.1 Å². The number of H-pyrrole nitrogens is 1. The summed E-state index contributed by atoms with van der Waals surface area (Å²) in [5, 5.41) is 0. The quantitative estimate of drug-likeness (QED) is 0.567. The van der Waals surface area contributed by atoms with Crippen LogP contribution in [0.5, 0.6) is 0 Å². The van der Waals surface area contributed by atoms with E-state index in [9.17, 15) is 9.59 Å². The van der Waals surface area contributed by atoms with Crippen molar-refractivity contribution in [1.82, 2.24) is 19.1 Å². The van der Waals surface area contributed by atoms with Gasteiger partial charge in [-0.2, -0.15) is 0 Å². The number of hydrogen-bond donors (Lipinski definition) is 1. The maximum Gasteiger partial charge on any atom is 0.332 e. The summed E-state index contributed by atoms with van der Waals surface area (Å²) in [4.78, 5) is 27.4. The van der Waals surface area contributed by atoms with E-state index < -0.39 is 24.6 Å². The maximum atomic E-state index is 11.7. The fourth-order valence-corrected chi connectivity index (χ4v) is 1.07. The molecule has 13 heavy (non-hydrogen) atoms. The third kappa shape index (κ3) is 0.851. The van der Waals surface area contributed by atoms with Gasteiger partial charge in [0.1, 0.15) is 6.89 Å². The number of aryl methyl sites for hydroxylation is 1. The fourth-order valence-electron chi connectivity index (χ4n) is 1.07. The molecular formula is C7H8N4O2. The molecule has 0 aromatic carbocycles. The van der Waals surface area contributed by atoms with Gasteiger partial charge >= 0.3 is 5.69 Å². The average Bonchev–Trinajstić information content (AvgIpc) is 2.53. The smallest absolute Gasteiger partial charge is 0.332 e. The molecule has 0 aliphatic carbocycles.